The predicted octanol–water partition coefficient (Wildman–Crippen LogP) is 4.40. The second-order valence-corrected chi connectivity index (χ2v) is 6.36. The van der Waals surface area contributed by atoms with Crippen molar-refractivity contribution in [3.05, 3.63) is 51.1 Å². The standard InChI is InChI=1S/C18H20INO4/c1-3-7-24-17-15(19)8-12(9-16(17)23-2)11-20-14-6-4-5-13(10-14)18(21)22/h4-6,8-10,20H,3,7,11H2,1-2H3,(H,21,22). The highest BCUT2D eigenvalue weighted by Gasteiger charge is 2.11. The number of carbonyl (C=O) groups is 1. The van der Waals surface area contributed by atoms with Gasteiger partial charge in [-0.2, -0.15) is 0 Å². The second-order valence-electron chi connectivity index (χ2n) is 5.20. The fraction of sp³-hybridized carbons (Fsp3) is 0.278. The lowest BCUT2D eigenvalue weighted by molar-refractivity contribution is 0.0697. The van der Waals surface area contributed by atoms with Crippen molar-refractivity contribution in [3.8, 4) is 11.5 Å². The fourth-order valence-electron chi connectivity index (χ4n) is 2.19. The Hall–Kier alpha value is -1.96. The molecule has 0 bridgehead atoms. The Bertz CT molecular complexity index is 718. The number of halogens is 1. The summed E-state index contributed by atoms with van der Waals surface area (Å²) in [6.45, 7) is 3.26. The normalized spacial score (nSPS) is 10.3. The van der Waals surface area contributed by atoms with E-state index in [0.717, 1.165) is 27.0 Å². The van der Waals surface area contributed by atoms with Crippen molar-refractivity contribution in [2.75, 3.05) is 19.0 Å². The number of carboxylic acids is 1. The third-order valence-electron chi connectivity index (χ3n) is 3.35. The molecule has 0 saturated carbocycles. The van der Waals surface area contributed by atoms with Crippen LogP contribution >= 0.6 is 22.6 Å². The lowest BCUT2D eigenvalue weighted by atomic mass is 10.1. The average Bonchev–Trinajstić information content (AvgIpc) is 2.58. The van der Waals surface area contributed by atoms with E-state index in [-0.39, 0.29) is 5.56 Å². The molecule has 0 unspecified atom stereocenters. The first-order valence-electron chi connectivity index (χ1n) is 7.61. The van der Waals surface area contributed by atoms with E-state index in [2.05, 4.69) is 34.8 Å². The number of carboxylic acid groups (broad SMARTS) is 1. The molecule has 0 aliphatic rings. The molecule has 5 nitrogen and oxygen atoms in total. The molecule has 2 aromatic carbocycles. The highest BCUT2D eigenvalue weighted by Crippen LogP contribution is 2.34. The monoisotopic (exact) mass is 441 g/mol. The van der Waals surface area contributed by atoms with Gasteiger partial charge in [-0.15, -0.1) is 0 Å². The van der Waals surface area contributed by atoms with Gasteiger partial charge in [0.05, 0.1) is 22.9 Å². The molecule has 128 valence electrons. The van der Waals surface area contributed by atoms with Gasteiger partial charge >= 0.3 is 5.97 Å². The third-order valence-corrected chi connectivity index (χ3v) is 4.15. The topological polar surface area (TPSA) is 67.8 Å². The number of hydrogen-bond acceptors (Lipinski definition) is 4. The molecule has 6 heteroatoms. The van der Waals surface area contributed by atoms with Gasteiger partial charge < -0.3 is 19.9 Å². The molecule has 0 radical (unpaired) electrons. The van der Waals surface area contributed by atoms with E-state index in [1.54, 1.807) is 25.3 Å². The van der Waals surface area contributed by atoms with Crippen molar-refractivity contribution >= 4 is 34.2 Å². The summed E-state index contributed by atoms with van der Waals surface area (Å²) in [6.07, 6.45) is 0.933. The summed E-state index contributed by atoms with van der Waals surface area (Å²) in [6, 6.07) is 10.7. The fourth-order valence-corrected chi connectivity index (χ4v) is 3.01. The quantitative estimate of drug-likeness (QED) is 0.595. The van der Waals surface area contributed by atoms with Crippen molar-refractivity contribution in [2.45, 2.75) is 19.9 Å². The molecule has 24 heavy (non-hydrogen) atoms. The molecule has 0 fully saturated rings. The number of rotatable bonds is 8. The number of anilines is 1. The number of nitrogens with one attached hydrogen (secondary N) is 1. The Kier molecular flexibility index (Phi) is 6.72. The summed E-state index contributed by atoms with van der Waals surface area (Å²) in [7, 11) is 1.62. The molecule has 0 aromatic heterocycles. The van der Waals surface area contributed by atoms with Gasteiger partial charge in [-0.25, -0.2) is 4.79 Å². The zero-order valence-electron chi connectivity index (χ0n) is 13.6. The minimum absolute atomic E-state index is 0.260. The van der Waals surface area contributed by atoms with Gasteiger partial charge in [-0.3, -0.25) is 0 Å². The highest BCUT2D eigenvalue weighted by atomic mass is 127. The predicted molar refractivity (Wildman–Crippen MR) is 102 cm³/mol. The lowest BCUT2D eigenvalue weighted by Gasteiger charge is -2.15. The summed E-state index contributed by atoms with van der Waals surface area (Å²) in [5.41, 5.74) is 2.05. The molecular weight excluding hydrogens is 421 g/mol. The molecule has 0 saturated heterocycles. The molecule has 0 aliphatic carbocycles. The largest absolute Gasteiger partial charge is 0.493 e. The van der Waals surface area contributed by atoms with Gasteiger partial charge in [-0.05, 0) is 64.9 Å². The second kappa shape index (κ2) is 8.77. The molecule has 0 spiro atoms. The molecule has 0 aliphatic heterocycles. The number of methoxy groups -OCH3 is 1. The Balaban J connectivity index is 2.14. The molecule has 2 N–H and O–H groups in total. The van der Waals surface area contributed by atoms with Crippen molar-refractivity contribution < 1.29 is 19.4 Å². The van der Waals surface area contributed by atoms with Gasteiger partial charge in [0.15, 0.2) is 11.5 Å². The van der Waals surface area contributed by atoms with E-state index in [4.69, 9.17) is 14.6 Å². The first kappa shape index (κ1) is 18.4. The van der Waals surface area contributed by atoms with Crippen LogP contribution in [0, 0.1) is 3.57 Å². The summed E-state index contributed by atoms with van der Waals surface area (Å²) >= 11 is 2.23. The summed E-state index contributed by atoms with van der Waals surface area (Å²) in [5, 5.41) is 12.3. The van der Waals surface area contributed by atoms with Crippen LogP contribution in [0.4, 0.5) is 5.69 Å². The van der Waals surface area contributed by atoms with Crippen LogP contribution in [-0.4, -0.2) is 24.8 Å². The maximum atomic E-state index is 11.0. The summed E-state index contributed by atoms with van der Waals surface area (Å²) < 4.78 is 12.2. The van der Waals surface area contributed by atoms with Crippen LogP contribution in [0.5, 0.6) is 11.5 Å². The number of aromatic carboxylic acids is 1. The van der Waals surface area contributed by atoms with Gasteiger partial charge in [0.1, 0.15) is 0 Å². The highest BCUT2D eigenvalue weighted by molar-refractivity contribution is 14.1. The minimum atomic E-state index is -0.938. The Morgan fingerprint density at radius 3 is 2.75 bits per heavy atom. The summed E-state index contributed by atoms with van der Waals surface area (Å²) in [5.74, 6) is 0.523. The molecule has 0 heterocycles. The number of hydrogen-bond donors (Lipinski definition) is 2. The Morgan fingerprint density at radius 1 is 1.29 bits per heavy atom. The number of ether oxygens (including phenoxy) is 2. The molecular formula is C18H20INO4. The minimum Gasteiger partial charge on any atom is -0.493 e. The van der Waals surface area contributed by atoms with Crippen molar-refractivity contribution in [2.24, 2.45) is 0 Å². The molecule has 2 rings (SSSR count). The van der Waals surface area contributed by atoms with Crippen LogP contribution in [0.25, 0.3) is 0 Å². The van der Waals surface area contributed by atoms with E-state index in [9.17, 15) is 4.79 Å². The van der Waals surface area contributed by atoms with Gasteiger partial charge in [-0.1, -0.05) is 13.0 Å². The van der Waals surface area contributed by atoms with Crippen LogP contribution < -0.4 is 14.8 Å². The molecule has 0 atom stereocenters. The summed E-state index contributed by atoms with van der Waals surface area (Å²) in [4.78, 5) is 11.0. The van der Waals surface area contributed by atoms with Crippen LogP contribution in [0.2, 0.25) is 0 Å². The first-order chi connectivity index (χ1) is 11.5. The Labute approximate surface area is 155 Å². The zero-order valence-corrected chi connectivity index (χ0v) is 15.8. The van der Waals surface area contributed by atoms with Gasteiger partial charge in [0, 0.05) is 12.2 Å². The third kappa shape index (κ3) is 4.77. The van der Waals surface area contributed by atoms with Crippen molar-refractivity contribution in [1.82, 2.24) is 0 Å². The SMILES string of the molecule is CCCOc1c(I)cc(CNc2cccc(C(=O)O)c2)cc1OC. The van der Waals surface area contributed by atoms with Crippen LogP contribution in [0.15, 0.2) is 36.4 Å². The van der Waals surface area contributed by atoms with E-state index in [1.165, 1.54) is 0 Å². The maximum absolute atomic E-state index is 11.0. The van der Waals surface area contributed by atoms with Crippen molar-refractivity contribution in [3.63, 3.8) is 0 Å². The molecule has 0 amide bonds. The van der Waals surface area contributed by atoms with E-state index < -0.39 is 5.97 Å². The van der Waals surface area contributed by atoms with Crippen molar-refractivity contribution in [1.29, 1.82) is 0 Å². The molecule has 2 aromatic rings. The number of benzene rings is 2. The average molecular weight is 441 g/mol. The lowest BCUT2D eigenvalue weighted by Crippen LogP contribution is -2.04. The van der Waals surface area contributed by atoms with E-state index in [1.807, 2.05) is 18.2 Å². The zero-order chi connectivity index (χ0) is 17.5. The van der Waals surface area contributed by atoms with E-state index >= 15 is 0 Å². The van der Waals surface area contributed by atoms with Gasteiger partial charge in [0.2, 0.25) is 0 Å². The first-order valence-corrected chi connectivity index (χ1v) is 8.69. The smallest absolute Gasteiger partial charge is 0.335 e. The van der Waals surface area contributed by atoms with Gasteiger partial charge in [0.25, 0.3) is 0 Å². The van der Waals surface area contributed by atoms with Crippen LogP contribution in [-0.2, 0) is 6.54 Å². The van der Waals surface area contributed by atoms with E-state index in [0.29, 0.717) is 18.9 Å². The Morgan fingerprint density at radius 2 is 2.08 bits per heavy atom. The van der Waals surface area contributed by atoms with Crippen LogP contribution in [0.1, 0.15) is 29.3 Å². The van der Waals surface area contributed by atoms with Crippen LogP contribution in [0.3, 0.4) is 0 Å². The maximum Gasteiger partial charge on any atom is 0.335 e.